The van der Waals surface area contributed by atoms with Gasteiger partial charge >= 0.3 is 0 Å². The van der Waals surface area contributed by atoms with Crippen molar-refractivity contribution in [1.82, 2.24) is 20.0 Å². The first-order valence-electron chi connectivity index (χ1n) is 5.59. The molecule has 3 N–H and O–H groups in total. The molecule has 0 fully saturated rings. The van der Waals surface area contributed by atoms with Crippen molar-refractivity contribution in [2.75, 3.05) is 11.9 Å². The Balaban J connectivity index is 1.85. The number of hydrogen-bond donors (Lipinski definition) is 2. The summed E-state index contributed by atoms with van der Waals surface area (Å²) in [5.41, 5.74) is 7.32. The van der Waals surface area contributed by atoms with Gasteiger partial charge in [-0.05, 0) is 12.5 Å². The van der Waals surface area contributed by atoms with Crippen molar-refractivity contribution in [3.05, 3.63) is 36.4 Å². The van der Waals surface area contributed by atoms with E-state index in [2.05, 4.69) is 20.6 Å². The van der Waals surface area contributed by atoms with Crippen LogP contribution in [0.15, 0.2) is 30.9 Å². The zero-order valence-electron chi connectivity index (χ0n) is 9.78. The van der Waals surface area contributed by atoms with Crippen LogP contribution in [0.2, 0.25) is 0 Å². The number of aryl methyl sites for hydroxylation is 1. The second-order valence-corrected chi connectivity index (χ2v) is 4.17. The van der Waals surface area contributed by atoms with Crippen LogP contribution < -0.4 is 11.1 Å². The van der Waals surface area contributed by atoms with E-state index >= 15 is 0 Å². The molecule has 0 radical (unpaired) electrons. The predicted octanol–water partition coefficient (Wildman–Crippen LogP) is 0.809. The minimum Gasteiger partial charge on any atom is -0.389 e. The summed E-state index contributed by atoms with van der Waals surface area (Å²) in [6, 6.07) is 1.81. The number of nitrogens with one attached hydrogen (secondary N) is 1. The highest BCUT2D eigenvalue weighted by atomic mass is 32.1. The number of anilines is 1. The highest BCUT2D eigenvalue weighted by Gasteiger charge is 2.03. The van der Waals surface area contributed by atoms with E-state index in [0.29, 0.717) is 4.99 Å². The fraction of sp³-hybridized carbons (Fsp3) is 0.273. The molecule has 6 nitrogen and oxygen atoms in total. The Morgan fingerprint density at radius 3 is 3.06 bits per heavy atom. The molecule has 2 aromatic heterocycles. The highest BCUT2D eigenvalue weighted by Crippen LogP contribution is 2.12. The minimum atomic E-state index is 0.371. The highest BCUT2D eigenvalue weighted by molar-refractivity contribution is 7.80. The standard InChI is InChI=1S/C11H14N6S/c12-11(18)9-2-4-13-8-10(9)14-3-1-6-17-7-5-15-16-17/h2,4-5,7-8,14H,1,3,6H2,(H2,12,18). The lowest BCUT2D eigenvalue weighted by molar-refractivity contribution is 0.570. The minimum absolute atomic E-state index is 0.371. The van der Waals surface area contributed by atoms with Gasteiger partial charge < -0.3 is 11.1 Å². The van der Waals surface area contributed by atoms with Crippen LogP contribution in [0.3, 0.4) is 0 Å². The van der Waals surface area contributed by atoms with E-state index in [-0.39, 0.29) is 0 Å². The van der Waals surface area contributed by atoms with E-state index in [0.717, 1.165) is 30.8 Å². The van der Waals surface area contributed by atoms with Crippen LogP contribution in [-0.4, -0.2) is 31.5 Å². The molecule has 2 heterocycles. The molecule has 0 unspecified atom stereocenters. The zero-order valence-corrected chi connectivity index (χ0v) is 10.6. The van der Waals surface area contributed by atoms with E-state index in [1.807, 2.05) is 12.3 Å². The molecule has 0 saturated carbocycles. The Morgan fingerprint density at radius 1 is 1.44 bits per heavy atom. The van der Waals surface area contributed by atoms with Crippen LogP contribution in [0.4, 0.5) is 5.69 Å². The molecule has 0 spiro atoms. The SMILES string of the molecule is NC(=S)c1ccncc1NCCCn1ccnn1. The Morgan fingerprint density at radius 2 is 2.33 bits per heavy atom. The van der Waals surface area contributed by atoms with Crippen molar-refractivity contribution in [1.29, 1.82) is 0 Å². The lowest BCUT2D eigenvalue weighted by Gasteiger charge is -2.10. The molecule has 0 bridgehead atoms. The summed E-state index contributed by atoms with van der Waals surface area (Å²) in [5.74, 6) is 0. The van der Waals surface area contributed by atoms with Crippen molar-refractivity contribution in [3.8, 4) is 0 Å². The summed E-state index contributed by atoms with van der Waals surface area (Å²) in [6.07, 6.45) is 7.83. The largest absolute Gasteiger partial charge is 0.389 e. The van der Waals surface area contributed by atoms with Crippen LogP contribution in [0.25, 0.3) is 0 Å². The van der Waals surface area contributed by atoms with Gasteiger partial charge in [-0.1, -0.05) is 17.4 Å². The molecule has 0 aliphatic carbocycles. The summed E-state index contributed by atoms with van der Waals surface area (Å²) in [5, 5.41) is 10.9. The number of nitrogens with zero attached hydrogens (tertiary/aromatic N) is 4. The molecule has 0 amide bonds. The van der Waals surface area contributed by atoms with Gasteiger partial charge in [-0.15, -0.1) is 5.10 Å². The predicted molar refractivity (Wildman–Crippen MR) is 73.3 cm³/mol. The molecule has 2 aromatic rings. The fourth-order valence-corrected chi connectivity index (χ4v) is 1.74. The van der Waals surface area contributed by atoms with Gasteiger partial charge in [0.25, 0.3) is 0 Å². The monoisotopic (exact) mass is 262 g/mol. The lowest BCUT2D eigenvalue weighted by Crippen LogP contribution is -2.14. The quantitative estimate of drug-likeness (QED) is 0.592. The first-order valence-corrected chi connectivity index (χ1v) is 6.00. The lowest BCUT2D eigenvalue weighted by atomic mass is 10.2. The van der Waals surface area contributed by atoms with E-state index in [1.54, 1.807) is 23.3 Å². The second-order valence-electron chi connectivity index (χ2n) is 3.73. The molecule has 0 saturated heterocycles. The Kier molecular flexibility index (Phi) is 4.19. The summed E-state index contributed by atoms with van der Waals surface area (Å²) >= 11 is 4.98. The van der Waals surface area contributed by atoms with Crippen LogP contribution in [0.5, 0.6) is 0 Å². The second kappa shape index (κ2) is 6.06. The first kappa shape index (κ1) is 12.4. The van der Waals surface area contributed by atoms with Gasteiger partial charge in [0.15, 0.2) is 0 Å². The maximum atomic E-state index is 5.64. The van der Waals surface area contributed by atoms with Crippen LogP contribution in [-0.2, 0) is 6.54 Å². The summed E-state index contributed by atoms with van der Waals surface area (Å²) in [6.45, 7) is 1.61. The van der Waals surface area contributed by atoms with Gasteiger partial charge in [0.1, 0.15) is 4.99 Å². The van der Waals surface area contributed by atoms with Crippen LogP contribution >= 0.6 is 12.2 Å². The topological polar surface area (TPSA) is 81.6 Å². The summed E-state index contributed by atoms with van der Waals surface area (Å²) < 4.78 is 1.79. The van der Waals surface area contributed by atoms with Crippen molar-refractivity contribution >= 4 is 22.9 Å². The van der Waals surface area contributed by atoms with E-state index in [1.165, 1.54) is 0 Å². The van der Waals surface area contributed by atoms with Gasteiger partial charge in [-0.3, -0.25) is 9.67 Å². The molecule has 94 valence electrons. The average Bonchev–Trinajstić information content (AvgIpc) is 2.88. The van der Waals surface area contributed by atoms with E-state index < -0.39 is 0 Å². The van der Waals surface area contributed by atoms with Crippen molar-refractivity contribution in [3.63, 3.8) is 0 Å². The Bertz CT molecular complexity index is 510. The fourth-order valence-electron chi connectivity index (χ4n) is 1.57. The summed E-state index contributed by atoms with van der Waals surface area (Å²) in [7, 11) is 0. The van der Waals surface area contributed by atoms with Crippen LogP contribution in [0, 0.1) is 0 Å². The number of rotatable bonds is 6. The van der Waals surface area contributed by atoms with Crippen LogP contribution in [0.1, 0.15) is 12.0 Å². The van der Waals surface area contributed by atoms with Crippen molar-refractivity contribution in [2.24, 2.45) is 5.73 Å². The Hall–Kier alpha value is -2.02. The molecule has 0 aliphatic heterocycles. The molecule has 7 heteroatoms. The number of nitrogens with two attached hydrogens (primary N) is 1. The number of thiocarbonyl (C=S) groups is 1. The average molecular weight is 262 g/mol. The number of pyridine rings is 1. The molecular formula is C11H14N6S. The van der Waals surface area contributed by atoms with Gasteiger partial charge in [-0.25, -0.2) is 0 Å². The Labute approximate surface area is 110 Å². The van der Waals surface area contributed by atoms with Gasteiger partial charge in [0, 0.05) is 31.0 Å². The van der Waals surface area contributed by atoms with Gasteiger partial charge in [0.05, 0.1) is 18.1 Å². The zero-order chi connectivity index (χ0) is 12.8. The number of hydrogen-bond acceptors (Lipinski definition) is 5. The molecule has 2 rings (SSSR count). The van der Waals surface area contributed by atoms with Crippen molar-refractivity contribution in [2.45, 2.75) is 13.0 Å². The maximum absolute atomic E-state index is 5.64. The first-order chi connectivity index (χ1) is 8.77. The molecule has 18 heavy (non-hydrogen) atoms. The normalized spacial score (nSPS) is 10.2. The van der Waals surface area contributed by atoms with Gasteiger partial charge in [0.2, 0.25) is 0 Å². The third-order valence-electron chi connectivity index (χ3n) is 2.44. The third-order valence-corrected chi connectivity index (χ3v) is 2.66. The third kappa shape index (κ3) is 3.24. The van der Waals surface area contributed by atoms with Crippen molar-refractivity contribution < 1.29 is 0 Å². The maximum Gasteiger partial charge on any atom is 0.106 e. The summed E-state index contributed by atoms with van der Waals surface area (Å²) in [4.78, 5) is 4.42. The van der Waals surface area contributed by atoms with E-state index in [4.69, 9.17) is 18.0 Å². The molecule has 0 aromatic carbocycles. The molecular weight excluding hydrogens is 248 g/mol. The number of aromatic nitrogens is 4. The molecule has 0 atom stereocenters. The van der Waals surface area contributed by atoms with E-state index in [9.17, 15) is 0 Å². The smallest absolute Gasteiger partial charge is 0.106 e. The molecule has 0 aliphatic rings. The van der Waals surface area contributed by atoms with Gasteiger partial charge in [-0.2, -0.15) is 0 Å².